The molecule has 1 amide bonds. The molecular weight excluding hydrogens is 382 g/mol. The van der Waals surface area contributed by atoms with E-state index >= 15 is 0 Å². The number of nitrogens with zero attached hydrogens (tertiary/aromatic N) is 3. The third kappa shape index (κ3) is 6.34. The van der Waals surface area contributed by atoms with E-state index in [1.54, 1.807) is 40.4 Å². The summed E-state index contributed by atoms with van der Waals surface area (Å²) in [5.41, 5.74) is 3.49. The Balaban J connectivity index is 0.000000335. The predicted molar refractivity (Wildman–Crippen MR) is 116 cm³/mol. The Morgan fingerprint density at radius 2 is 1.63 bits per heavy atom. The fourth-order valence-electron chi connectivity index (χ4n) is 2.55. The number of hydrogen-bond acceptors (Lipinski definition) is 6. The van der Waals surface area contributed by atoms with Gasteiger partial charge in [-0.05, 0) is 43.2 Å². The van der Waals surface area contributed by atoms with E-state index in [9.17, 15) is 4.79 Å². The molecule has 3 rings (SSSR count). The smallest absolute Gasteiger partial charge is 0.227 e. The number of aromatic nitrogens is 2. The van der Waals surface area contributed by atoms with E-state index in [0.717, 1.165) is 5.56 Å². The first-order valence-corrected chi connectivity index (χ1v) is 9.63. The molecule has 0 saturated heterocycles. The molecule has 0 bridgehead atoms. The van der Waals surface area contributed by atoms with Crippen molar-refractivity contribution in [3.8, 4) is 22.9 Å². The molecule has 7 nitrogen and oxygen atoms in total. The van der Waals surface area contributed by atoms with Gasteiger partial charge in [-0.2, -0.15) is 4.98 Å². The molecule has 0 aliphatic carbocycles. The lowest BCUT2D eigenvalue weighted by molar-refractivity contribution is -0.128. The van der Waals surface area contributed by atoms with Crippen molar-refractivity contribution >= 4 is 5.91 Å². The van der Waals surface area contributed by atoms with E-state index < -0.39 is 0 Å². The highest BCUT2D eigenvalue weighted by atomic mass is 16.5. The zero-order chi connectivity index (χ0) is 22.1. The largest absolute Gasteiger partial charge is 0.493 e. The lowest BCUT2D eigenvalue weighted by atomic mass is 10.1. The molecule has 160 valence electrons. The summed E-state index contributed by atoms with van der Waals surface area (Å²) in [7, 11) is 6.57. The van der Waals surface area contributed by atoms with E-state index in [1.807, 2.05) is 6.07 Å². The van der Waals surface area contributed by atoms with Gasteiger partial charge >= 0.3 is 0 Å². The highest BCUT2D eigenvalue weighted by Crippen LogP contribution is 2.31. The summed E-state index contributed by atoms with van der Waals surface area (Å²) in [4.78, 5) is 17.4. The number of ether oxygens (including phenoxy) is 2. The van der Waals surface area contributed by atoms with Gasteiger partial charge in [0.2, 0.25) is 17.6 Å². The van der Waals surface area contributed by atoms with Gasteiger partial charge in [0.05, 0.1) is 14.2 Å². The van der Waals surface area contributed by atoms with Crippen LogP contribution in [0.25, 0.3) is 11.4 Å². The van der Waals surface area contributed by atoms with E-state index in [2.05, 4.69) is 48.3 Å². The van der Waals surface area contributed by atoms with Crippen LogP contribution >= 0.6 is 0 Å². The van der Waals surface area contributed by atoms with Crippen LogP contribution in [0.5, 0.6) is 11.5 Å². The SMILES string of the molecule is COc1ccc(-c2noc(CCC(=O)N(C)C)n2)cc1OC.Cc1ccccc1C. The average molecular weight is 412 g/mol. The third-order valence-corrected chi connectivity index (χ3v) is 4.59. The van der Waals surface area contributed by atoms with Gasteiger partial charge in [-0.1, -0.05) is 29.4 Å². The summed E-state index contributed by atoms with van der Waals surface area (Å²) in [5, 5.41) is 3.93. The molecule has 0 radical (unpaired) electrons. The summed E-state index contributed by atoms with van der Waals surface area (Å²) in [6.07, 6.45) is 0.748. The second kappa shape index (κ2) is 11.0. The molecule has 0 unspecified atom stereocenters. The molecule has 7 heteroatoms. The van der Waals surface area contributed by atoms with Gasteiger partial charge < -0.3 is 18.9 Å². The summed E-state index contributed by atoms with van der Waals surface area (Å²) in [5.74, 6) is 2.12. The lowest BCUT2D eigenvalue weighted by Crippen LogP contribution is -2.21. The monoisotopic (exact) mass is 411 g/mol. The predicted octanol–water partition coefficient (Wildman–Crippen LogP) is 4.08. The van der Waals surface area contributed by atoms with E-state index in [1.165, 1.54) is 16.0 Å². The second-order valence-electron chi connectivity index (χ2n) is 6.95. The number of methoxy groups -OCH3 is 2. The Bertz CT molecular complexity index is 946. The molecule has 0 fully saturated rings. The van der Waals surface area contributed by atoms with Gasteiger partial charge in [0.15, 0.2) is 11.5 Å². The summed E-state index contributed by atoms with van der Waals surface area (Å²) >= 11 is 0. The molecule has 3 aromatic rings. The number of benzene rings is 2. The van der Waals surface area contributed by atoms with Crippen molar-refractivity contribution in [1.82, 2.24) is 15.0 Å². The normalized spacial score (nSPS) is 10.1. The van der Waals surface area contributed by atoms with Gasteiger partial charge in [0, 0.05) is 32.5 Å². The van der Waals surface area contributed by atoms with Gasteiger partial charge in [-0.3, -0.25) is 4.79 Å². The molecule has 0 aliphatic heterocycles. The van der Waals surface area contributed by atoms with Gasteiger partial charge in [-0.15, -0.1) is 0 Å². The van der Waals surface area contributed by atoms with E-state index in [-0.39, 0.29) is 5.91 Å². The number of carbonyl (C=O) groups is 1. The van der Waals surface area contributed by atoms with Crippen LogP contribution in [0.15, 0.2) is 47.0 Å². The Labute approximate surface area is 177 Å². The zero-order valence-corrected chi connectivity index (χ0v) is 18.4. The Morgan fingerprint density at radius 3 is 2.17 bits per heavy atom. The minimum absolute atomic E-state index is 0.0193. The minimum Gasteiger partial charge on any atom is -0.493 e. The van der Waals surface area contributed by atoms with Gasteiger partial charge in [-0.25, -0.2) is 0 Å². The Morgan fingerprint density at radius 1 is 1.00 bits per heavy atom. The first kappa shape index (κ1) is 22.9. The maximum atomic E-state index is 11.6. The van der Waals surface area contributed by atoms with Crippen molar-refractivity contribution in [3.05, 3.63) is 59.5 Å². The number of rotatable bonds is 6. The minimum atomic E-state index is 0.0193. The average Bonchev–Trinajstić information content (AvgIpc) is 3.23. The molecule has 0 atom stereocenters. The van der Waals surface area contributed by atoms with Crippen LogP contribution in [0.2, 0.25) is 0 Å². The molecule has 2 aromatic carbocycles. The van der Waals surface area contributed by atoms with E-state index in [0.29, 0.717) is 36.1 Å². The Hall–Kier alpha value is -3.35. The molecule has 0 spiro atoms. The molecule has 0 N–H and O–H groups in total. The number of aryl methyl sites for hydroxylation is 3. The molecule has 30 heavy (non-hydrogen) atoms. The second-order valence-corrected chi connectivity index (χ2v) is 6.95. The summed E-state index contributed by atoms with van der Waals surface area (Å²) in [6, 6.07) is 13.7. The molecule has 1 heterocycles. The molecule has 0 aliphatic rings. The van der Waals surface area contributed by atoms with Crippen LogP contribution in [-0.2, 0) is 11.2 Å². The van der Waals surface area contributed by atoms with Crippen molar-refractivity contribution in [2.75, 3.05) is 28.3 Å². The summed E-state index contributed by atoms with van der Waals surface area (Å²) < 4.78 is 15.6. The van der Waals surface area contributed by atoms with E-state index in [4.69, 9.17) is 14.0 Å². The van der Waals surface area contributed by atoms with Crippen LogP contribution in [0, 0.1) is 13.8 Å². The molecule has 1 aromatic heterocycles. The first-order valence-electron chi connectivity index (χ1n) is 9.63. The molecule has 0 saturated carbocycles. The number of carbonyl (C=O) groups excluding carboxylic acids is 1. The Kier molecular flexibility index (Phi) is 8.41. The lowest BCUT2D eigenvalue weighted by Gasteiger charge is -2.08. The van der Waals surface area contributed by atoms with Crippen LogP contribution in [0.4, 0.5) is 0 Å². The first-order chi connectivity index (χ1) is 14.3. The van der Waals surface area contributed by atoms with Gasteiger partial charge in [0.1, 0.15) is 0 Å². The topological polar surface area (TPSA) is 77.7 Å². The number of hydrogen-bond donors (Lipinski definition) is 0. The fraction of sp³-hybridized carbons (Fsp3) is 0.348. The maximum absolute atomic E-state index is 11.6. The standard InChI is InChI=1S/C15H19N3O4.C8H10/c1-18(2)14(19)8-7-13-16-15(17-22-13)10-5-6-11(20-3)12(9-10)21-4;1-7-5-3-4-6-8(7)2/h5-6,9H,7-8H2,1-4H3;3-6H,1-2H3. The van der Waals surface area contributed by atoms with Gasteiger partial charge in [0.25, 0.3) is 0 Å². The van der Waals surface area contributed by atoms with Crippen LogP contribution in [0.3, 0.4) is 0 Å². The van der Waals surface area contributed by atoms with Crippen LogP contribution in [-0.4, -0.2) is 49.3 Å². The van der Waals surface area contributed by atoms with Crippen molar-refractivity contribution in [3.63, 3.8) is 0 Å². The maximum Gasteiger partial charge on any atom is 0.227 e. The summed E-state index contributed by atoms with van der Waals surface area (Å²) in [6.45, 7) is 4.24. The highest BCUT2D eigenvalue weighted by molar-refractivity contribution is 5.75. The van der Waals surface area contributed by atoms with Crippen molar-refractivity contribution in [1.29, 1.82) is 0 Å². The third-order valence-electron chi connectivity index (χ3n) is 4.59. The number of amides is 1. The van der Waals surface area contributed by atoms with Crippen molar-refractivity contribution < 1.29 is 18.8 Å². The fourth-order valence-corrected chi connectivity index (χ4v) is 2.55. The van der Waals surface area contributed by atoms with Crippen LogP contribution in [0.1, 0.15) is 23.4 Å². The quantitative estimate of drug-likeness (QED) is 0.608. The van der Waals surface area contributed by atoms with Crippen molar-refractivity contribution in [2.45, 2.75) is 26.7 Å². The van der Waals surface area contributed by atoms with Crippen LogP contribution < -0.4 is 9.47 Å². The van der Waals surface area contributed by atoms with Crippen molar-refractivity contribution in [2.24, 2.45) is 0 Å². The zero-order valence-electron chi connectivity index (χ0n) is 18.4. The molecular formula is C23H29N3O4. The highest BCUT2D eigenvalue weighted by Gasteiger charge is 2.13.